The van der Waals surface area contributed by atoms with Crippen LogP contribution in [-0.4, -0.2) is 22.5 Å². The molecule has 0 saturated carbocycles. The first-order valence-electron chi connectivity index (χ1n) is 9.26. The number of fused-ring (bicyclic) bond motifs is 1. The number of carbonyl (C=O) groups is 1. The van der Waals surface area contributed by atoms with Crippen LogP contribution in [0.5, 0.6) is 5.75 Å². The zero-order valence-electron chi connectivity index (χ0n) is 16.0. The summed E-state index contributed by atoms with van der Waals surface area (Å²) in [4.78, 5) is 24.2. The molecule has 0 saturated heterocycles. The van der Waals surface area contributed by atoms with E-state index in [1.807, 2.05) is 43.3 Å². The van der Waals surface area contributed by atoms with Gasteiger partial charge in [0.05, 0.1) is 34.1 Å². The summed E-state index contributed by atoms with van der Waals surface area (Å²) in [6.45, 7) is 2.69. The van der Waals surface area contributed by atoms with Crippen LogP contribution in [0.3, 0.4) is 0 Å². The molecule has 0 spiro atoms. The molecule has 2 aromatic carbocycles. The SMILES string of the molecule is CCOc1cccc2sc(N(Cc3ccccn3)C(=O)c3cc(Cl)ccc3Cl)nc12. The largest absolute Gasteiger partial charge is 0.492 e. The topological polar surface area (TPSA) is 55.3 Å². The zero-order chi connectivity index (χ0) is 21.1. The number of rotatable bonds is 6. The summed E-state index contributed by atoms with van der Waals surface area (Å²) >= 11 is 13.8. The smallest absolute Gasteiger partial charge is 0.262 e. The maximum absolute atomic E-state index is 13.5. The van der Waals surface area contributed by atoms with Gasteiger partial charge in [0.25, 0.3) is 5.91 Å². The number of thiazole rings is 1. The second-order valence-electron chi connectivity index (χ2n) is 6.37. The number of amides is 1. The molecule has 0 unspecified atom stereocenters. The van der Waals surface area contributed by atoms with Crippen molar-refractivity contribution in [2.45, 2.75) is 13.5 Å². The fraction of sp³-hybridized carbons (Fsp3) is 0.136. The highest BCUT2D eigenvalue weighted by molar-refractivity contribution is 7.22. The van der Waals surface area contributed by atoms with Crippen LogP contribution < -0.4 is 9.64 Å². The molecule has 4 rings (SSSR count). The van der Waals surface area contributed by atoms with E-state index in [4.69, 9.17) is 32.9 Å². The molecule has 0 fully saturated rings. The van der Waals surface area contributed by atoms with E-state index in [0.717, 1.165) is 15.9 Å². The van der Waals surface area contributed by atoms with Crippen molar-refractivity contribution < 1.29 is 9.53 Å². The van der Waals surface area contributed by atoms with Gasteiger partial charge < -0.3 is 4.74 Å². The van der Waals surface area contributed by atoms with Gasteiger partial charge in [-0.2, -0.15) is 0 Å². The Morgan fingerprint density at radius 1 is 1.13 bits per heavy atom. The van der Waals surface area contributed by atoms with Crippen LogP contribution in [0.25, 0.3) is 10.2 Å². The molecular weight excluding hydrogens is 441 g/mol. The Kier molecular flexibility index (Phi) is 6.18. The fourth-order valence-corrected chi connectivity index (χ4v) is 4.34. The summed E-state index contributed by atoms with van der Waals surface area (Å²) < 4.78 is 6.62. The number of ether oxygens (including phenoxy) is 1. The number of para-hydroxylation sites is 1. The molecule has 5 nitrogen and oxygen atoms in total. The van der Waals surface area contributed by atoms with Gasteiger partial charge in [0.1, 0.15) is 11.3 Å². The van der Waals surface area contributed by atoms with Crippen LogP contribution in [-0.2, 0) is 6.54 Å². The molecule has 0 N–H and O–H groups in total. The number of hydrogen-bond acceptors (Lipinski definition) is 5. The third kappa shape index (κ3) is 4.26. The van der Waals surface area contributed by atoms with E-state index >= 15 is 0 Å². The van der Waals surface area contributed by atoms with Crippen LogP contribution in [0.2, 0.25) is 10.0 Å². The third-order valence-corrected chi connectivity index (χ3v) is 5.96. The van der Waals surface area contributed by atoms with E-state index in [1.54, 1.807) is 29.3 Å². The lowest BCUT2D eigenvalue weighted by atomic mass is 10.2. The van der Waals surface area contributed by atoms with Crippen LogP contribution in [0.1, 0.15) is 23.0 Å². The number of nitrogens with zero attached hydrogens (tertiary/aromatic N) is 3. The molecular formula is C22H17Cl2N3O2S. The van der Waals surface area contributed by atoms with Crippen molar-refractivity contribution in [1.29, 1.82) is 0 Å². The van der Waals surface area contributed by atoms with Gasteiger partial charge in [-0.1, -0.05) is 46.7 Å². The Labute approximate surface area is 187 Å². The van der Waals surface area contributed by atoms with Gasteiger partial charge in [-0.15, -0.1) is 0 Å². The summed E-state index contributed by atoms with van der Waals surface area (Å²) in [7, 11) is 0. The Hall–Kier alpha value is -2.67. The molecule has 4 aromatic rings. The monoisotopic (exact) mass is 457 g/mol. The minimum absolute atomic E-state index is 0.242. The highest BCUT2D eigenvalue weighted by atomic mass is 35.5. The van der Waals surface area contributed by atoms with Crippen molar-refractivity contribution in [1.82, 2.24) is 9.97 Å². The molecule has 0 radical (unpaired) electrons. The Balaban J connectivity index is 1.81. The van der Waals surface area contributed by atoms with Crippen LogP contribution in [0.15, 0.2) is 60.8 Å². The molecule has 8 heteroatoms. The van der Waals surface area contributed by atoms with Crippen molar-refractivity contribution in [3.63, 3.8) is 0 Å². The van der Waals surface area contributed by atoms with Crippen LogP contribution in [0, 0.1) is 0 Å². The summed E-state index contributed by atoms with van der Waals surface area (Å²) in [5.41, 5.74) is 1.76. The fourth-order valence-electron chi connectivity index (χ4n) is 2.99. The van der Waals surface area contributed by atoms with E-state index in [-0.39, 0.29) is 12.5 Å². The predicted molar refractivity (Wildman–Crippen MR) is 122 cm³/mol. The number of hydrogen-bond donors (Lipinski definition) is 0. The standard InChI is InChI=1S/C22H17Cl2N3O2S/c1-2-29-18-7-5-8-19-20(18)26-22(30-19)27(13-15-6-3-4-11-25-15)21(28)16-12-14(23)9-10-17(16)24/h3-12H,2,13H2,1H3. The Morgan fingerprint density at radius 2 is 2.00 bits per heavy atom. The normalized spacial score (nSPS) is 10.9. The Morgan fingerprint density at radius 3 is 2.77 bits per heavy atom. The minimum Gasteiger partial charge on any atom is -0.492 e. The first-order chi connectivity index (χ1) is 14.6. The summed E-state index contributed by atoms with van der Waals surface area (Å²) in [5, 5.41) is 1.29. The lowest BCUT2D eigenvalue weighted by Crippen LogP contribution is -2.31. The molecule has 2 heterocycles. The quantitative estimate of drug-likeness (QED) is 0.343. The van der Waals surface area contributed by atoms with Gasteiger partial charge in [0.2, 0.25) is 0 Å². The highest BCUT2D eigenvalue weighted by Gasteiger charge is 2.25. The summed E-state index contributed by atoms with van der Waals surface area (Å²) in [6, 6.07) is 16.1. The lowest BCUT2D eigenvalue weighted by molar-refractivity contribution is 0.0985. The third-order valence-electron chi connectivity index (χ3n) is 4.35. The molecule has 30 heavy (non-hydrogen) atoms. The van der Waals surface area contributed by atoms with E-state index in [0.29, 0.717) is 33.1 Å². The van der Waals surface area contributed by atoms with E-state index in [9.17, 15) is 4.79 Å². The predicted octanol–water partition coefficient (Wildman–Crippen LogP) is 6.24. The second-order valence-corrected chi connectivity index (χ2v) is 8.22. The first-order valence-corrected chi connectivity index (χ1v) is 10.8. The molecule has 152 valence electrons. The number of anilines is 1. The zero-order valence-corrected chi connectivity index (χ0v) is 18.3. The maximum Gasteiger partial charge on any atom is 0.262 e. The van der Waals surface area contributed by atoms with Gasteiger partial charge in [-0.05, 0) is 49.4 Å². The number of pyridine rings is 1. The maximum atomic E-state index is 13.5. The van der Waals surface area contributed by atoms with Crippen molar-refractivity contribution in [3.8, 4) is 5.75 Å². The molecule has 0 aliphatic carbocycles. The Bertz CT molecular complexity index is 1200. The molecule has 0 bridgehead atoms. The summed E-state index contributed by atoms with van der Waals surface area (Å²) in [6.07, 6.45) is 1.69. The minimum atomic E-state index is -0.301. The van der Waals surface area contributed by atoms with Gasteiger partial charge in [0, 0.05) is 11.2 Å². The number of halogens is 2. The molecule has 0 aliphatic heterocycles. The molecule has 1 amide bonds. The highest BCUT2D eigenvalue weighted by Crippen LogP contribution is 2.36. The van der Waals surface area contributed by atoms with Gasteiger partial charge >= 0.3 is 0 Å². The molecule has 2 aromatic heterocycles. The van der Waals surface area contributed by atoms with E-state index in [1.165, 1.54) is 11.3 Å². The second kappa shape index (κ2) is 9.00. The molecule has 0 atom stereocenters. The van der Waals surface area contributed by atoms with Gasteiger partial charge in [-0.3, -0.25) is 14.7 Å². The average Bonchev–Trinajstić information content (AvgIpc) is 3.19. The number of aromatic nitrogens is 2. The average molecular weight is 458 g/mol. The van der Waals surface area contributed by atoms with Crippen molar-refractivity contribution in [3.05, 3.63) is 82.1 Å². The van der Waals surface area contributed by atoms with Crippen molar-refractivity contribution in [2.24, 2.45) is 0 Å². The molecule has 0 aliphatic rings. The van der Waals surface area contributed by atoms with Crippen LogP contribution in [0.4, 0.5) is 5.13 Å². The van der Waals surface area contributed by atoms with E-state index < -0.39 is 0 Å². The van der Waals surface area contributed by atoms with Gasteiger partial charge in [-0.25, -0.2) is 4.98 Å². The first kappa shape index (κ1) is 20.6. The van der Waals surface area contributed by atoms with Gasteiger partial charge in [0.15, 0.2) is 5.13 Å². The number of benzene rings is 2. The number of carbonyl (C=O) groups excluding carboxylic acids is 1. The van der Waals surface area contributed by atoms with Crippen LogP contribution >= 0.6 is 34.5 Å². The van der Waals surface area contributed by atoms with Crippen molar-refractivity contribution in [2.75, 3.05) is 11.5 Å². The van der Waals surface area contributed by atoms with Crippen molar-refractivity contribution >= 4 is 55.8 Å². The lowest BCUT2D eigenvalue weighted by Gasteiger charge is -2.20. The van der Waals surface area contributed by atoms with E-state index in [2.05, 4.69) is 4.98 Å². The summed E-state index contributed by atoms with van der Waals surface area (Å²) in [5.74, 6) is 0.383.